The van der Waals surface area contributed by atoms with Crippen LogP contribution in [0.5, 0.6) is 0 Å². The quantitative estimate of drug-likeness (QED) is 0.751. The van der Waals surface area contributed by atoms with Crippen molar-refractivity contribution in [2.75, 3.05) is 26.2 Å². The first-order valence-electron chi connectivity index (χ1n) is 5.30. The minimum absolute atomic E-state index is 0.0628. The Morgan fingerprint density at radius 3 is 2.50 bits per heavy atom. The van der Waals surface area contributed by atoms with Crippen LogP contribution in [0.2, 0.25) is 0 Å². The third-order valence-corrected chi connectivity index (χ3v) is 3.31. The van der Waals surface area contributed by atoms with E-state index in [0.717, 1.165) is 19.6 Å². The molecule has 1 unspecified atom stereocenters. The van der Waals surface area contributed by atoms with E-state index < -0.39 is 5.92 Å². The number of alkyl halides is 2. The average Bonchev–Trinajstić information content (AvgIpc) is 2.37. The minimum atomic E-state index is -2.41. The molecule has 1 N–H and O–H groups in total. The molecular formula is C10H17F2NO. The SMILES string of the molecule is OCC1CN(CC2CCC(F)(F)C2)C1. The summed E-state index contributed by atoms with van der Waals surface area (Å²) in [5.74, 6) is -1.85. The van der Waals surface area contributed by atoms with Gasteiger partial charge in [-0.2, -0.15) is 0 Å². The fraction of sp³-hybridized carbons (Fsp3) is 1.00. The highest BCUT2D eigenvalue weighted by Gasteiger charge is 2.40. The molecule has 1 saturated heterocycles. The topological polar surface area (TPSA) is 23.5 Å². The lowest BCUT2D eigenvalue weighted by atomic mass is 9.98. The predicted molar refractivity (Wildman–Crippen MR) is 49.3 cm³/mol. The van der Waals surface area contributed by atoms with Gasteiger partial charge in [0.05, 0.1) is 0 Å². The summed E-state index contributed by atoms with van der Waals surface area (Å²) in [5, 5.41) is 8.80. The second kappa shape index (κ2) is 3.74. The van der Waals surface area contributed by atoms with Crippen molar-refractivity contribution in [2.24, 2.45) is 11.8 Å². The Morgan fingerprint density at radius 2 is 2.00 bits per heavy atom. The molecule has 82 valence electrons. The lowest BCUT2D eigenvalue weighted by molar-refractivity contribution is -0.00250. The maximum atomic E-state index is 12.9. The van der Waals surface area contributed by atoms with Crippen molar-refractivity contribution < 1.29 is 13.9 Å². The van der Waals surface area contributed by atoms with Crippen molar-refractivity contribution in [3.8, 4) is 0 Å². The average molecular weight is 205 g/mol. The highest BCUT2D eigenvalue weighted by Crippen LogP contribution is 2.39. The summed E-state index contributed by atoms with van der Waals surface area (Å²) in [6.45, 7) is 2.81. The van der Waals surface area contributed by atoms with Crippen LogP contribution in [-0.2, 0) is 0 Å². The van der Waals surface area contributed by atoms with E-state index in [9.17, 15) is 8.78 Å². The van der Waals surface area contributed by atoms with Crippen LogP contribution in [0, 0.1) is 11.8 Å². The van der Waals surface area contributed by atoms with E-state index in [1.165, 1.54) is 0 Å². The van der Waals surface area contributed by atoms with Crippen molar-refractivity contribution in [2.45, 2.75) is 25.2 Å². The van der Waals surface area contributed by atoms with E-state index in [1.54, 1.807) is 0 Å². The van der Waals surface area contributed by atoms with Gasteiger partial charge >= 0.3 is 0 Å². The van der Waals surface area contributed by atoms with Crippen LogP contribution in [-0.4, -0.2) is 42.2 Å². The lowest BCUT2D eigenvalue weighted by Gasteiger charge is -2.39. The molecule has 4 heteroatoms. The van der Waals surface area contributed by atoms with Gasteiger partial charge in [-0.25, -0.2) is 8.78 Å². The van der Waals surface area contributed by atoms with E-state index in [1.807, 2.05) is 0 Å². The van der Waals surface area contributed by atoms with E-state index in [4.69, 9.17) is 5.11 Å². The highest BCUT2D eigenvalue weighted by molar-refractivity contribution is 4.87. The van der Waals surface area contributed by atoms with Gasteiger partial charge in [-0.05, 0) is 12.3 Å². The number of likely N-dealkylation sites (tertiary alicyclic amines) is 1. The van der Waals surface area contributed by atoms with Gasteiger partial charge in [-0.15, -0.1) is 0 Å². The fourth-order valence-electron chi connectivity index (χ4n) is 2.50. The Hall–Kier alpha value is -0.220. The van der Waals surface area contributed by atoms with Gasteiger partial charge in [0.25, 0.3) is 0 Å². The minimum Gasteiger partial charge on any atom is -0.396 e. The summed E-state index contributed by atoms with van der Waals surface area (Å²) in [4.78, 5) is 2.17. The standard InChI is InChI=1S/C10H17F2NO/c11-10(12)2-1-8(3-10)4-13-5-9(6-13)7-14/h8-9,14H,1-7H2. The van der Waals surface area contributed by atoms with Crippen LogP contribution < -0.4 is 0 Å². The van der Waals surface area contributed by atoms with Crippen LogP contribution >= 0.6 is 0 Å². The zero-order valence-electron chi connectivity index (χ0n) is 8.25. The van der Waals surface area contributed by atoms with E-state index in [2.05, 4.69) is 4.90 Å². The molecule has 1 saturated carbocycles. The largest absolute Gasteiger partial charge is 0.396 e. The van der Waals surface area contributed by atoms with Crippen LogP contribution in [0.1, 0.15) is 19.3 Å². The molecule has 1 heterocycles. The monoisotopic (exact) mass is 205 g/mol. The van der Waals surface area contributed by atoms with Crippen molar-refractivity contribution in [3.63, 3.8) is 0 Å². The van der Waals surface area contributed by atoms with Crippen LogP contribution in [0.3, 0.4) is 0 Å². The van der Waals surface area contributed by atoms with Gasteiger partial charge in [-0.3, -0.25) is 0 Å². The van der Waals surface area contributed by atoms with Crippen molar-refractivity contribution in [1.82, 2.24) is 4.90 Å². The first-order chi connectivity index (χ1) is 6.59. The molecule has 1 atom stereocenters. The number of halogens is 2. The van der Waals surface area contributed by atoms with Crippen molar-refractivity contribution in [1.29, 1.82) is 0 Å². The maximum absolute atomic E-state index is 12.9. The summed E-state index contributed by atoms with van der Waals surface area (Å²) in [5.41, 5.74) is 0. The third kappa shape index (κ3) is 2.23. The second-order valence-electron chi connectivity index (χ2n) is 4.73. The zero-order valence-corrected chi connectivity index (χ0v) is 8.25. The van der Waals surface area contributed by atoms with Crippen molar-refractivity contribution in [3.05, 3.63) is 0 Å². The molecule has 0 spiro atoms. The molecule has 2 aliphatic rings. The summed E-state index contributed by atoms with van der Waals surface area (Å²) >= 11 is 0. The number of aliphatic hydroxyl groups is 1. The molecule has 14 heavy (non-hydrogen) atoms. The van der Waals surface area contributed by atoms with E-state index >= 15 is 0 Å². The normalized spacial score (nSPS) is 33.2. The molecule has 0 bridgehead atoms. The van der Waals surface area contributed by atoms with Crippen LogP contribution in [0.15, 0.2) is 0 Å². The summed E-state index contributed by atoms with van der Waals surface area (Å²) < 4.78 is 25.7. The van der Waals surface area contributed by atoms with Crippen LogP contribution in [0.25, 0.3) is 0 Å². The smallest absolute Gasteiger partial charge is 0.248 e. The molecule has 0 aromatic heterocycles. The summed E-state index contributed by atoms with van der Waals surface area (Å²) in [6.07, 6.45) is 0.787. The lowest BCUT2D eigenvalue weighted by Crippen LogP contribution is -2.49. The Morgan fingerprint density at radius 1 is 1.29 bits per heavy atom. The Labute approximate surface area is 82.9 Å². The molecule has 2 nitrogen and oxygen atoms in total. The first-order valence-corrected chi connectivity index (χ1v) is 5.30. The van der Waals surface area contributed by atoms with E-state index in [0.29, 0.717) is 12.3 Å². The predicted octanol–water partition coefficient (Wildman–Crippen LogP) is 1.35. The van der Waals surface area contributed by atoms with Crippen LogP contribution in [0.4, 0.5) is 8.78 Å². The number of nitrogens with zero attached hydrogens (tertiary/aromatic N) is 1. The van der Waals surface area contributed by atoms with Gasteiger partial charge in [0, 0.05) is 45.0 Å². The maximum Gasteiger partial charge on any atom is 0.248 e. The van der Waals surface area contributed by atoms with Gasteiger partial charge in [-0.1, -0.05) is 0 Å². The second-order valence-corrected chi connectivity index (χ2v) is 4.73. The van der Waals surface area contributed by atoms with Gasteiger partial charge in [0.15, 0.2) is 0 Å². The highest BCUT2D eigenvalue weighted by atomic mass is 19.3. The number of aliphatic hydroxyl groups excluding tert-OH is 1. The number of hydrogen-bond donors (Lipinski definition) is 1. The first kappa shape index (κ1) is 10.3. The van der Waals surface area contributed by atoms with Gasteiger partial charge in [0.1, 0.15) is 0 Å². The molecule has 2 fully saturated rings. The molecule has 0 aromatic carbocycles. The number of hydrogen-bond acceptors (Lipinski definition) is 2. The Balaban J connectivity index is 1.68. The molecule has 0 amide bonds. The zero-order chi connectivity index (χ0) is 10.2. The third-order valence-electron chi connectivity index (χ3n) is 3.31. The summed E-state index contributed by atoms with van der Waals surface area (Å²) in [6, 6.07) is 0. The van der Waals surface area contributed by atoms with Crippen molar-refractivity contribution >= 4 is 0 Å². The molecule has 2 rings (SSSR count). The van der Waals surface area contributed by atoms with Gasteiger partial charge < -0.3 is 10.0 Å². The van der Waals surface area contributed by atoms with E-state index in [-0.39, 0.29) is 25.4 Å². The molecular weight excluding hydrogens is 188 g/mol. The molecule has 0 aromatic rings. The Kier molecular flexibility index (Phi) is 2.75. The molecule has 0 radical (unpaired) electrons. The Bertz CT molecular complexity index is 204. The van der Waals surface area contributed by atoms with Gasteiger partial charge in [0.2, 0.25) is 5.92 Å². The molecule has 1 aliphatic carbocycles. The number of rotatable bonds is 3. The molecule has 1 aliphatic heterocycles. The fourth-order valence-corrected chi connectivity index (χ4v) is 2.50. The summed E-state index contributed by atoms with van der Waals surface area (Å²) in [7, 11) is 0.